The molecular weight excluding hydrogens is 428 g/mol. The molecule has 1 aliphatic heterocycles. The van der Waals surface area contributed by atoms with Crippen LogP contribution in [-0.4, -0.2) is 37.6 Å². The van der Waals surface area contributed by atoms with Crippen molar-refractivity contribution < 1.29 is 24.4 Å². The molecule has 1 saturated carbocycles. The van der Waals surface area contributed by atoms with E-state index in [0.29, 0.717) is 5.56 Å². The number of likely N-dealkylation sites (tertiary alicyclic amines) is 1. The molecule has 2 fully saturated rings. The number of nitrogens with one attached hydrogen (secondary N) is 1. The molecule has 168 valence electrons. The summed E-state index contributed by atoms with van der Waals surface area (Å²) >= 11 is 0. The predicted molar refractivity (Wildman–Crippen MR) is 115 cm³/mol. The lowest BCUT2D eigenvalue weighted by Gasteiger charge is -2.28. The number of hydrogen-bond donors (Lipinski definition) is 2. The van der Waals surface area contributed by atoms with Gasteiger partial charge in [0.1, 0.15) is 0 Å². The molecule has 0 radical (unpaired) electrons. The molecule has 10 nitrogen and oxygen atoms in total. The minimum absolute atomic E-state index is 0.0123. The molecule has 2 bridgehead atoms. The van der Waals surface area contributed by atoms with Gasteiger partial charge < -0.3 is 10.4 Å². The normalized spacial score (nSPS) is 25.9. The predicted octanol–water partition coefficient (Wildman–Crippen LogP) is 2.57. The second kappa shape index (κ2) is 7.80. The topological polar surface area (TPSA) is 143 Å². The van der Waals surface area contributed by atoms with Gasteiger partial charge in [0.25, 0.3) is 5.69 Å². The Morgan fingerprint density at radius 3 is 2.36 bits per heavy atom. The van der Waals surface area contributed by atoms with Crippen LogP contribution in [0.25, 0.3) is 0 Å². The highest BCUT2D eigenvalue weighted by Crippen LogP contribution is 2.54. The Hall–Kier alpha value is -4.08. The Bertz CT molecular complexity index is 1160. The van der Waals surface area contributed by atoms with E-state index in [1.165, 1.54) is 42.6 Å². The molecule has 3 amide bonds. The first kappa shape index (κ1) is 20.8. The summed E-state index contributed by atoms with van der Waals surface area (Å²) in [7, 11) is 0. The van der Waals surface area contributed by atoms with Gasteiger partial charge in [0.05, 0.1) is 29.2 Å². The number of carbonyl (C=O) groups is 3. The fraction of sp³-hybridized carbons (Fsp3) is 0.304. The highest BCUT2D eigenvalue weighted by atomic mass is 16.6. The van der Waals surface area contributed by atoms with Crippen molar-refractivity contribution >= 4 is 29.2 Å². The van der Waals surface area contributed by atoms with E-state index in [2.05, 4.69) is 10.3 Å². The number of nitro benzene ring substituents is 1. The molecule has 5 unspecified atom stereocenters. The number of pyridine rings is 1. The van der Waals surface area contributed by atoms with Crippen LogP contribution < -0.4 is 5.32 Å². The van der Waals surface area contributed by atoms with E-state index in [1.54, 1.807) is 0 Å². The Labute approximate surface area is 188 Å². The number of nitrogens with zero attached hydrogens (tertiary/aromatic N) is 3. The highest BCUT2D eigenvalue weighted by Gasteiger charge is 2.60. The van der Waals surface area contributed by atoms with E-state index in [1.807, 2.05) is 12.2 Å². The number of rotatable bonds is 6. The van der Waals surface area contributed by atoms with Crippen LogP contribution in [0.1, 0.15) is 24.4 Å². The summed E-state index contributed by atoms with van der Waals surface area (Å²) < 4.78 is 0. The lowest BCUT2D eigenvalue weighted by molar-refractivity contribution is -0.384. The summed E-state index contributed by atoms with van der Waals surface area (Å²) in [5.41, 5.74) is 0.293. The van der Waals surface area contributed by atoms with Crippen LogP contribution in [-0.2, 0) is 14.4 Å². The molecule has 1 saturated heterocycles. The summed E-state index contributed by atoms with van der Waals surface area (Å²) in [5, 5.41) is 23.5. The number of benzene rings is 1. The van der Waals surface area contributed by atoms with Crippen LogP contribution in [0.2, 0.25) is 0 Å². The van der Waals surface area contributed by atoms with Crippen LogP contribution in [0, 0.1) is 33.8 Å². The van der Waals surface area contributed by atoms with Crippen LogP contribution in [0.4, 0.5) is 11.5 Å². The van der Waals surface area contributed by atoms with Crippen molar-refractivity contribution in [3.05, 3.63) is 70.4 Å². The fourth-order valence-electron chi connectivity index (χ4n) is 5.26. The quantitative estimate of drug-likeness (QED) is 0.299. The SMILES string of the molecule is O=C(CC(c1ccc([N+](=O)[O-])cc1)N1C(=O)C2C3C=CC(C3)C2C1=O)Nc1ncccc1O. The fourth-order valence-corrected chi connectivity index (χ4v) is 5.26. The van der Waals surface area contributed by atoms with E-state index in [4.69, 9.17) is 0 Å². The van der Waals surface area contributed by atoms with Gasteiger partial charge in [-0.05, 0) is 36.0 Å². The monoisotopic (exact) mass is 448 g/mol. The van der Waals surface area contributed by atoms with Crippen molar-refractivity contribution in [1.29, 1.82) is 0 Å². The molecule has 5 rings (SSSR count). The first-order valence-corrected chi connectivity index (χ1v) is 10.6. The number of non-ortho nitro benzene ring substituents is 1. The molecule has 3 aliphatic rings. The number of amides is 3. The summed E-state index contributed by atoms with van der Waals surface area (Å²) in [5.74, 6) is -2.31. The van der Waals surface area contributed by atoms with Gasteiger partial charge in [-0.2, -0.15) is 0 Å². The van der Waals surface area contributed by atoms with E-state index < -0.39 is 28.7 Å². The molecule has 33 heavy (non-hydrogen) atoms. The molecule has 2 N–H and O–H groups in total. The van der Waals surface area contributed by atoms with Crippen LogP contribution in [0.3, 0.4) is 0 Å². The number of carbonyl (C=O) groups excluding carboxylic acids is 3. The second-order valence-electron chi connectivity index (χ2n) is 8.53. The van der Waals surface area contributed by atoms with Crippen molar-refractivity contribution in [2.75, 3.05) is 5.32 Å². The summed E-state index contributed by atoms with van der Waals surface area (Å²) in [4.78, 5) is 55.1. The Morgan fingerprint density at radius 2 is 1.79 bits per heavy atom. The number of anilines is 1. The van der Waals surface area contributed by atoms with Gasteiger partial charge in [-0.1, -0.05) is 24.3 Å². The highest BCUT2D eigenvalue weighted by molar-refractivity contribution is 6.07. The van der Waals surface area contributed by atoms with Gasteiger partial charge >= 0.3 is 0 Å². The molecule has 2 aromatic rings. The molecule has 0 spiro atoms. The van der Waals surface area contributed by atoms with Crippen LogP contribution in [0.15, 0.2) is 54.7 Å². The number of imide groups is 1. The van der Waals surface area contributed by atoms with E-state index in [0.717, 1.165) is 11.3 Å². The van der Waals surface area contributed by atoms with Gasteiger partial charge in [-0.25, -0.2) is 4.98 Å². The summed E-state index contributed by atoms with van der Waals surface area (Å²) in [6.45, 7) is 0. The summed E-state index contributed by atoms with van der Waals surface area (Å²) in [6.07, 6.45) is 5.87. The third-order valence-corrected chi connectivity index (χ3v) is 6.73. The van der Waals surface area contributed by atoms with Gasteiger partial charge in [0.2, 0.25) is 17.7 Å². The van der Waals surface area contributed by atoms with Gasteiger partial charge in [-0.15, -0.1) is 0 Å². The van der Waals surface area contributed by atoms with Crippen LogP contribution >= 0.6 is 0 Å². The lowest BCUT2D eigenvalue weighted by atomic mass is 9.85. The molecule has 5 atom stereocenters. The lowest BCUT2D eigenvalue weighted by Crippen LogP contribution is -2.38. The number of aromatic hydroxyl groups is 1. The number of fused-ring (bicyclic) bond motifs is 5. The number of hydrogen-bond acceptors (Lipinski definition) is 7. The summed E-state index contributed by atoms with van der Waals surface area (Å²) in [6, 6.07) is 7.40. The molecular formula is C23H20N4O6. The smallest absolute Gasteiger partial charge is 0.269 e. The minimum Gasteiger partial charge on any atom is -0.504 e. The third-order valence-electron chi connectivity index (χ3n) is 6.73. The first-order valence-electron chi connectivity index (χ1n) is 10.6. The number of allylic oxidation sites excluding steroid dienone is 2. The van der Waals surface area contributed by atoms with Crippen LogP contribution in [0.5, 0.6) is 5.75 Å². The maximum atomic E-state index is 13.4. The minimum atomic E-state index is -0.943. The third kappa shape index (κ3) is 3.43. The Kier molecular flexibility index (Phi) is 4.92. The van der Waals surface area contributed by atoms with Crippen molar-refractivity contribution in [2.24, 2.45) is 23.7 Å². The van der Waals surface area contributed by atoms with E-state index in [9.17, 15) is 29.6 Å². The molecule has 1 aromatic carbocycles. The van der Waals surface area contributed by atoms with Gasteiger partial charge in [0.15, 0.2) is 11.6 Å². The Balaban J connectivity index is 1.46. The van der Waals surface area contributed by atoms with Crippen molar-refractivity contribution in [2.45, 2.75) is 18.9 Å². The Morgan fingerprint density at radius 1 is 1.15 bits per heavy atom. The standard InChI is InChI=1S/C23H20N4O6/c28-17-2-1-9-24-21(17)25-18(29)11-16(12-5-7-15(8-6-12)27(32)33)26-22(30)19-13-3-4-14(10-13)20(19)23(26)31/h1-9,13-14,16,19-20,28H,10-11H2,(H,24,25,29). The molecule has 2 aliphatic carbocycles. The first-order chi connectivity index (χ1) is 15.8. The van der Waals surface area contributed by atoms with Crippen molar-refractivity contribution in [1.82, 2.24) is 9.88 Å². The zero-order valence-electron chi connectivity index (χ0n) is 17.3. The van der Waals surface area contributed by atoms with Crippen molar-refractivity contribution in [3.8, 4) is 5.75 Å². The zero-order valence-corrected chi connectivity index (χ0v) is 17.3. The zero-order chi connectivity index (χ0) is 23.3. The second-order valence-corrected chi connectivity index (χ2v) is 8.53. The number of aromatic nitrogens is 1. The largest absolute Gasteiger partial charge is 0.504 e. The van der Waals surface area contributed by atoms with Crippen molar-refractivity contribution in [3.63, 3.8) is 0 Å². The van der Waals surface area contributed by atoms with E-state index >= 15 is 0 Å². The molecule has 10 heteroatoms. The average Bonchev–Trinajstić information content (AvgIpc) is 3.48. The molecule has 1 aromatic heterocycles. The van der Waals surface area contributed by atoms with Gasteiger partial charge in [-0.3, -0.25) is 29.4 Å². The average molecular weight is 448 g/mol. The maximum Gasteiger partial charge on any atom is 0.269 e. The number of nitro groups is 1. The van der Waals surface area contributed by atoms with E-state index in [-0.39, 0.29) is 47.3 Å². The van der Waals surface area contributed by atoms with Gasteiger partial charge in [0, 0.05) is 18.3 Å². The molecule has 2 heterocycles. The maximum absolute atomic E-state index is 13.4.